The maximum atomic E-state index is 13.0. The van der Waals surface area contributed by atoms with Crippen LogP contribution in [0.2, 0.25) is 10.0 Å². The molecule has 0 aliphatic carbocycles. The van der Waals surface area contributed by atoms with Crippen molar-refractivity contribution in [3.05, 3.63) is 98.0 Å². The average Bonchev–Trinajstić information content (AvgIpc) is 2.76. The maximum absolute atomic E-state index is 13.0. The van der Waals surface area contributed by atoms with Crippen molar-refractivity contribution in [2.75, 3.05) is 11.6 Å². The molecule has 1 atom stereocenters. The van der Waals surface area contributed by atoms with E-state index in [-0.39, 0.29) is 21.3 Å². The largest absolute Gasteiger partial charge is 0.444 e. The molecule has 176 valence electrons. The van der Waals surface area contributed by atoms with Crippen molar-refractivity contribution in [2.45, 2.75) is 11.0 Å². The molecule has 34 heavy (non-hydrogen) atoms. The van der Waals surface area contributed by atoms with Crippen LogP contribution < -0.4 is 5.32 Å². The summed E-state index contributed by atoms with van der Waals surface area (Å²) in [6, 6.07) is 15.2. The van der Waals surface area contributed by atoms with Crippen LogP contribution in [0, 0.1) is 10.1 Å². The Kier molecular flexibility index (Phi) is 7.55. The Hall–Kier alpha value is -3.47. The fraction of sp³-hybridized carbons (Fsp3) is 0.0909. The van der Waals surface area contributed by atoms with Gasteiger partial charge in [0.2, 0.25) is 6.10 Å². The summed E-state index contributed by atoms with van der Waals surface area (Å²) in [6.07, 6.45) is -0.634. The van der Waals surface area contributed by atoms with Gasteiger partial charge in [-0.2, -0.15) is 0 Å². The standard InChI is InChI=1S/C22H16Cl2N2O7S/c1-34(31,32)19-8-7-14(9-18(19)26(29)30)22(28)33-20(13-5-3-2-4-6-13)21(27)25-17-11-15(23)10-16(24)12-17/h2-12,20H,1H3,(H,25,27)/t20-/m1/s1. The summed E-state index contributed by atoms with van der Waals surface area (Å²) in [7, 11) is -3.92. The molecule has 0 radical (unpaired) electrons. The van der Waals surface area contributed by atoms with E-state index in [0.717, 1.165) is 24.5 Å². The number of anilines is 1. The second-order valence-corrected chi connectivity index (χ2v) is 9.91. The van der Waals surface area contributed by atoms with E-state index in [4.69, 9.17) is 27.9 Å². The summed E-state index contributed by atoms with van der Waals surface area (Å²) in [5.74, 6) is -1.81. The Morgan fingerprint density at radius 1 is 1.00 bits per heavy atom. The maximum Gasteiger partial charge on any atom is 0.339 e. The van der Waals surface area contributed by atoms with Gasteiger partial charge in [-0.1, -0.05) is 53.5 Å². The Morgan fingerprint density at radius 2 is 1.62 bits per heavy atom. The number of rotatable bonds is 7. The van der Waals surface area contributed by atoms with Crippen LogP contribution in [0.1, 0.15) is 22.0 Å². The Balaban J connectivity index is 1.94. The molecule has 0 heterocycles. The van der Waals surface area contributed by atoms with Crippen LogP contribution in [-0.4, -0.2) is 31.5 Å². The highest BCUT2D eigenvalue weighted by Gasteiger charge is 2.29. The number of carbonyl (C=O) groups is 2. The molecular formula is C22H16Cl2N2O7S. The van der Waals surface area contributed by atoms with Gasteiger partial charge in [0.05, 0.1) is 10.5 Å². The quantitative estimate of drug-likeness (QED) is 0.266. The fourth-order valence-corrected chi connectivity index (χ4v) is 4.36. The lowest BCUT2D eigenvalue weighted by Gasteiger charge is -2.18. The predicted octanol–water partition coefficient (Wildman–Crippen LogP) is 4.84. The molecule has 0 saturated heterocycles. The first-order chi connectivity index (χ1) is 16.0. The summed E-state index contributed by atoms with van der Waals surface area (Å²) in [5.41, 5.74) is -0.513. The molecule has 0 aliphatic heterocycles. The van der Waals surface area contributed by atoms with E-state index in [1.165, 1.54) is 18.2 Å². The molecule has 3 rings (SSSR count). The number of nitro benzene ring substituents is 1. The lowest BCUT2D eigenvalue weighted by Crippen LogP contribution is -2.26. The molecule has 12 heteroatoms. The number of benzene rings is 3. The van der Waals surface area contributed by atoms with E-state index < -0.39 is 43.3 Å². The van der Waals surface area contributed by atoms with Crippen molar-refractivity contribution < 1.29 is 27.7 Å². The molecule has 0 spiro atoms. The number of ether oxygens (including phenoxy) is 1. The molecule has 0 aromatic heterocycles. The average molecular weight is 523 g/mol. The number of esters is 1. The van der Waals surface area contributed by atoms with E-state index in [0.29, 0.717) is 5.56 Å². The van der Waals surface area contributed by atoms with Gasteiger partial charge >= 0.3 is 5.97 Å². The number of carbonyl (C=O) groups excluding carboxylic acids is 2. The molecule has 0 fully saturated rings. The Morgan fingerprint density at radius 3 is 2.18 bits per heavy atom. The van der Waals surface area contributed by atoms with Crippen LogP contribution in [0.25, 0.3) is 0 Å². The topological polar surface area (TPSA) is 133 Å². The second-order valence-electron chi connectivity index (χ2n) is 7.06. The molecular weight excluding hydrogens is 507 g/mol. The first kappa shape index (κ1) is 25.2. The zero-order valence-corrected chi connectivity index (χ0v) is 19.7. The summed E-state index contributed by atoms with van der Waals surface area (Å²) < 4.78 is 29.0. The minimum absolute atomic E-state index is 0.257. The minimum atomic E-state index is -3.92. The van der Waals surface area contributed by atoms with Gasteiger partial charge in [-0.15, -0.1) is 0 Å². The fourth-order valence-electron chi connectivity index (χ4n) is 3.01. The highest BCUT2D eigenvalue weighted by molar-refractivity contribution is 7.90. The number of halogens is 2. The molecule has 0 saturated carbocycles. The molecule has 3 aromatic rings. The first-order valence-electron chi connectivity index (χ1n) is 9.47. The van der Waals surface area contributed by atoms with Gasteiger partial charge in [0.25, 0.3) is 11.6 Å². The molecule has 0 aliphatic rings. The van der Waals surface area contributed by atoms with E-state index in [1.807, 2.05) is 0 Å². The zero-order valence-electron chi connectivity index (χ0n) is 17.4. The highest BCUT2D eigenvalue weighted by Crippen LogP contribution is 2.28. The number of sulfone groups is 1. The van der Waals surface area contributed by atoms with Crippen molar-refractivity contribution in [1.82, 2.24) is 0 Å². The van der Waals surface area contributed by atoms with E-state index in [2.05, 4.69) is 5.32 Å². The third kappa shape index (κ3) is 6.10. The number of amides is 1. The van der Waals surface area contributed by atoms with Crippen LogP contribution in [0.3, 0.4) is 0 Å². The zero-order chi connectivity index (χ0) is 25.0. The summed E-state index contributed by atoms with van der Waals surface area (Å²) in [6.45, 7) is 0. The summed E-state index contributed by atoms with van der Waals surface area (Å²) in [4.78, 5) is 35.7. The van der Waals surface area contributed by atoms with Gasteiger partial charge in [0.1, 0.15) is 4.90 Å². The molecule has 9 nitrogen and oxygen atoms in total. The summed E-state index contributed by atoms with van der Waals surface area (Å²) >= 11 is 11.9. The van der Waals surface area contributed by atoms with Crippen LogP contribution in [0.15, 0.2) is 71.6 Å². The van der Waals surface area contributed by atoms with Crippen molar-refractivity contribution in [1.29, 1.82) is 0 Å². The van der Waals surface area contributed by atoms with Gasteiger partial charge in [0, 0.05) is 33.6 Å². The molecule has 3 aromatic carbocycles. The predicted molar refractivity (Wildman–Crippen MR) is 126 cm³/mol. The first-order valence-corrected chi connectivity index (χ1v) is 12.1. The van der Waals surface area contributed by atoms with Crippen molar-refractivity contribution >= 4 is 56.3 Å². The molecule has 0 bridgehead atoms. The number of nitrogens with zero attached hydrogens (tertiary/aromatic N) is 1. The Labute approximate surface area is 204 Å². The van der Waals surface area contributed by atoms with Gasteiger partial charge in [-0.05, 0) is 30.3 Å². The molecule has 0 unspecified atom stereocenters. The monoisotopic (exact) mass is 522 g/mol. The molecule has 1 amide bonds. The van der Waals surface area contributed by atoms with E-state index in [1.54, 1.807) is 30.3 Å². The lowest BCUT2D eigenvalue weighted by molar-refractivity contribution is -0.387. The minimum Gasteiger partial charge on any atom is -0.444 e. The van der Waals surface area contributed by atoms with E-state index in [9.17, 15) is 28.1 Å². The van der Waals surface area contributed by atoms with Gasteiger partial charge in [0.15, 0.2) is 9.84 Å². The van der Waals surface area contributed by atoms with Crippen LogP contribution in [-0.2, 0) is 19.4 Å². The smallest absolute Gasteiger partial charge is 0.339 e. The van der Waals surface area contributed by atoms with Crippen LogP contribution >= 0.6 is 23.2 Å². The highest BCUT2D eigenvalue weighted by atomic mass is 35.5. The second kappa shape index (κ2) is 10.2. The third-order valence-corrected chi connectivity index (χ3v) is 6.07. The summed E-state index contributed by atoms with van der Waals surface area (Å²) in [5, 5.41) is 14.5. The van der Waals surface area contributed by atoms with Crippen LogP contribution in [0.4, 0.5) is 11.4 Å². The van der Waals surface area contributed by atoms with Crippen molar-refractivity contribution in [3.8, 4) is 0 Å². The molecule has 1 N–H and O–H groups in total. The van der Waals surface area contributed by atoms with Gasteiger partial charge < -0.3 is 10.1 Å². The normalized spacial score (nSPS) is 12.0. The third-order valence-electron chi connectivity index (χ3n) is 4.49. The lowest BCUT2D eigenvalue weighted by atomic mass is 10.1. The Bertz CT molecular complexity index is 1360. The van der Waals surface area contributed by atoms with Crippen molar-refractivity contribution in [3.63, 3.8) is 0 Å². The SMILES string of the molecule is CS(=O)(=O)c1ccc(C(=O)O[C@@H](C(=O)Nc2cc(Cl)cc(Cl)c2)c2ccccc2)cc1[N+](=O)[O-]. The van der Waals surface area contributed by atoms with Gasteiger partial charge in [-0.3, -0.25) is 14.9 Å². The number of nitro groups is 1. The van der Waals surface area contributed by atoms with Crippen molar-refractivity contribution in [2.24, 2.45) is 0 Å². The number of hydrogen-bond acceptors (Lipinski definition) is 7. The van der Waals surface area contributed by atoms with Crippen LogP contribution in [0.5, 0.6) is 0 Å². The van der Waals surface area contributed by atoms with E-state index >= 15 is 0 Å². The van der Waals surface area contributed by atoms with Gasteiger partial charge in [-0.25, -0.2) is 13.2 Å². The number of nitrogens with one attached hydrogen (secondary N) is 1. The number of hydrogen-bond donors (Lipinski definition) is 1.